The lowest BCUT2D eigenvalue weighted by Crippen LogP contribution is -2.43. The fourth-order valence-electron chi connectivity index (χ4n) is 2.40. The van der Waals surface area contributed by atoms with Crippen LogP contribution >= 0.6 is 11.3 Å². The summed E-state index contributed by atoms with van der Waals surface area (Å²) in [5.41, 5.74) is 1.73. The summed E-state index contributed by atoms with van der Waals surface area (Å²) in [6.45, 7) is 7.37. The Bertz CT molecular complexity index is 665. The van der Waals surface area contributed by atoms with E-state index >= 15 is 0 Å². The number of hydrogen-bond donors (Lipinski definition) is 0. The molecule has 0 bridgehead atoms. The number of amides is 1. The summed E-state index contributed by atoms with van der Waals surface area (Å²) in [4.78, 5) is 14.6. The molecule has 0 spiro atoms. The van der Waals surface area contributed by atoms with E-state index in [1.165, 1.54) is 11.3 Å². The summed E-state index contributed by atoms with van der Waals surface area (Å²) in [5.74, 6) is 1.19. The number of rotatable bonds is 3. The summed E-state index contributed by atoms with van der Waals surface area (Å²) in [7, 11) is 0. The van der Waals surface area contributed by atoms with Crippen molar-refractivity contribution in [2.45, 2.75) is 32.7 Å². The molecule has 1 aliphatic rings. The van der Waals surface area contributed by atoms with Gasteiger partial charge in [0.2, 0.25) is 11.8 Å². The Morgan fingerprint density at radius 1 is 1.41 bits per heavy atom. The van der Waals surface area contributed by atoms with Crippen molar-refractivity contribution in [2.24, 2.45) is 0 Å². The lowest BCUT2D eigenvalue weighted by Gasteiger charge is -2.33. The predicted molar refractivity (Wildman–Crippen MR) is 82.0 cm³/mol. The second-order valence-electron chi connectivity index (χ2n) is 5.69. The van der Waals surface area contributed by atoms with Crippen LogP contribution in [-0.2, 0) is 4.74 Å². The van der Waals surface area contributed by atoms with E-state index in [2.05, 4.69) is 10.2 Å². The van der Waals surface area contributed by atoms with Gasteiger partial charge in [-0.15, -0.1) is 10.2 Å². The third kappa shape index (κ3) is 2.78. The average Bonchev–Trinajstić information content (AvgIpc) is 3.15. The standard InChI is InChI=1S/C15H19N3O3S/c1-9(2)13-16-17-14(21-13)12-6-20-5-4-18(12)15(19)11-8-22-7-10(11)3/h7-9,12H,4-6H2,1-3H3/t12-/m1/s1. The number of ether oxygens (including phenoxy) is 1. The third-order valence-corrected chi connectivity index (χ3v) is 4.57. The Morgan fingerprint density at radius 3 is 2.86 bits per heavy atom. The van der Waals surface area contributed by atoms with Crippen LogP contribution < -0.4 is 0 Å². The van der Waals surface area contributed by atoms with Gasteiger partial charge in [-0.3, -0.25) is 4.79 Å². The van der Waals surface area contributed by atoms with Crippen LogP contribution in [0, 0.1) is 6.92 Å². The first-order valence-electron chi connectivity index (χ1n) is 7.32. The second kappa shape index (κ2) is 6.18. The molecule has 0 N–H and O–H groups in total. The maximum absolute atomic E-state index is 12.8. The van der Waals surface area contributed by atoms with Gasteiger partial charge in [-0.1, -0.05) is 13.8 Å². The first-order chi connectivity index (χ1) is 10.6. The molecule has 1 fully saturated rings. The van der Waals surface area contributed by atoms with Crippen LogP contribution in [0.5, 0.6) is 0 Å². The van der Waals surface area contributed by atoms with Crippen molar-refractivity contribution in [3.05, 3.63) is 33.7 Å². The minimum atomic E-state index is -0.319. The van der Waals surface area contributed by atoms with Crippen molar-refractivity contribution in [3.63, 3.8) is 0 Å². The molecule has 1 atom stereocenters. The number of carbonyl (C=O) groups excluding carboxylic acids is 1. The van der Waals surface area contributed by atoms with E-state index in [4.69, 9.17) is 9.15 Å². The fourth-order valence-corrected chi connectivity index (χ4v) is 3.22. The average molecular weight is 321 g/mol. The molecule has 3 rings (SSSR count). The highest BCUT2D eigenvalue weighted by Crippen LogP contribution is 2.28. The molecule has 0 aromatic carbocycles. The van der Waals surface area contributed by atoms with E-state index in [1.54, 1.807) is 4.90 Å². The third-order valence-electron chi connectivity index (χ3n) is 3.71. The molecule has 0 aliphatic carbocycles. The van der Waals surface area contributed by atoms with Gasteiger partial charge in [-0.05, 0) is 17.9 Å². The van der Waals surface area contributed by atoms with Crippen LogP contribution in [0.3, 0.4) is 0 Å². The zero-order valence-electron chi connectivity index (χ0n) is 12.9. The smallest absolute Gasteiger partial charge is 0.255 e. The molecule has 2 aromatic rings. The summed E-state index contributed by atoms with van der Waals surface area (Å²) in [5, 5.41) is 12.0. The molecule has 6 nitrogen and oxygen atoms in total. The molecule has 22 heavy (non-hydrogen) atoms. The number of thiophene rings is 1. The number of hydrogen-bond acceptors (Lipinski definition) is 6. The SMILES string of the molecule is Cc1cscc1C(=O)N1CCOC[C@@H]1c1nnc(C(C)C)o1. The normalized spacial score (nSPS) is 18.9. The molecule has 0 unspecified atom stereocenters. The van der Waals surface area contributed by atoms with Crippen molar-refractivity contribution in [3.8, 4) is 0 Å². The van der Waals surface area contributed by atoms with Gasteiger partial charge in [0.1, 0.15) is 6.04 Å². The molecule has 2 aromatic heterocycles. The lowest BCUT2D eigenvalue weighted by atomic mass is 10.1. The van der Waals surface area contributed by atoms with E-state index in [0.717, 1.165) is 11.1 Å². The first kappa shape index (κ1) is 15.2. The van der Waals surface area contributed by atoms with Crippen molar-refractivity contribution in [1.29, 1.82) is 0 Å². The Balaban J connectivity index is 1.87. The molecule has 1 aliphatic heterocycles. The van der Waals surface area contributed by atoms with Crippen molar-refractivity contribution < 1.29 is 13.9 Å². The molecule has 0 radical (unpaired) electrons. The second-order valence-corrected chi connectivity index (χ2v) is 6.43. The van der Waals surface area contributed by atoms with Crippen molar-refractivity contribution in [1.82, 2.24) is 15.1 Å². The molecular weight excluding hydrogens is 302 g/mol. The molecule has 3 heterocycles. The number of nitrogens with zero attached hydrogens (tertiary/aromatic N) is 3. The van der Waals surface area contributed by atoms with E-state index in [-0.39, 0.29) is 17.9 Å². The monoisotopic (exact) mass is 321 g/mol. The van der Waals surface area contributed by atoms with Gasteiger partial charge in [0.05, 0.1) is 18.8 Å². The molecule has 1 saturated heterocycles. The van der Waals surface area contributed by atoms with Gasteiger partial charge in [0.25, 0.3) is 5.91 Å². The van der Waals surface area contributed by atoms with Crippen molar-refractivity contribution >= 4 is 17.2 Å². The molecular formula is C15H19N3O3S. The van der Waals surface area contributed by atoms with E-state index < -0.39 is 0 Å². The summed E-state index contributed by atoms with van der Waals surface area (Å²) >= 11 is 1.53. The molecule has 1 amide bonds. The number of morpholine rings is 1. The number of aryl methyl sites for hydroxylation is 1. The van der Waals surface area contributed by atoms with Gasteiger partial charge < -0.3 is 14.1 Å². The van der Waals surface area contributed by atoms with Crippen LogP contribution in [0.1, 0.15) is 53.5 Å². The quantitative estimate of drug-likeness (QED) is 0.869. The van der Waals surface area contributed by atoms with E-state index in [0.29, 0.717) is 31.5 Å². The fraction of sp³-hybridized carbons (Fsp3) is 0.533. The number of aromatic nitrogens is 2. The van der Waals surface area contributed by atoms with Crippen molar-refractivity contribution in [2.75, 3.05) is 19.8 Å². The minimum Gasteiger partial charge on any atom is -0.423 e. The predicted octanol–water partition coefficient (Wildman–Crippen LogP) is 2.78. The summed E-state index contributed by atoms with van der Waals surface area (Å²) in [6, 6.07) is -0.319. The van der Waals surface area contributed by atoms with Gasteiger partial charge in [0.15, 0.2) is 0 Å². The van der Waals surface area contributed by atoms with Crippen LogP contribution in [0.2, 0.25) is 0 Å². The minimum absolute atomic E-state index is 0.00338. The Hall–Kier alpha value is -1.73. The highest BCUT2D eigenvalue weighted by molar-refractivity contribution is 7.08. The Kier molecular flexibility index (Phi) is 4.26. The van der Waals surface area contributed by atoms with Crippen LogP contribution in [-0.4, -0.2) is 40.8 Å². The van der Waals surface area contributed by atoms with Gasteiger partial charge in [0, 0.05) is 17.8 Å². The molecule has 0 saturated carbocycles. The topological polar surface area (TPSA) is 68.5 Å². The summed E-state index contributed by atoms with van der Waals surface area (Å²) in [6.07, 6.45) is 0. The highest BCUT2D eigenvalue weighted by Gasteiger charge is 2.34. The van der Waals surface area contributed by atoms with E-state index in [9.17, 15) is 4.79 Å². The molecule has 118 valence electrons. The molecule has 7 heteroatoms. The van der Waals surface area contributed by atoms with Gasteiger partial charge >= 0.3 is 0 Å². The maximum Gasteiger partial charge on any atom is 0.255 e. The Morgan fingerprint density at radius 2 is 2.23 bits per heavy atom. The zero-order valence-corrected chi connectivity index (χ0v) is 13.7. The summed E-state index contributed by atoms with van der Waals surface area (Å²) < 4.78 is 11.2. The largest absolute Gasteiger partial charge is 0.423 e. The first-order valence-corrected chi connectivity index (χ1v) is 8.27. The zero-order chi connectivity index (χ0) is 15.7. The van der Waals surface area contributed by atoms with Gasteiger partial charge in [-0.25, -0.2) is 0 Å². The lowest BCUT2D eigenvalue weighted by molar-refractivity contribution is -0.0107. The Labute approximate surface area is 133 Å². The van der Waals surface area contributed by atoms with Gasteiger partial charge in [-0.2, -0.15) is 11.3 Å². The highest BCUT2D eigenvalue weighted by atomic mass is 32.1. The van der Waals surface area contributed by atoms with E-state index in [1.807, 2.05) is 31.5 Å². The maximum atomic E-state index is 12.8. The number of carbonyl (C=O) groups is 1. The van der Waals surface area contributed by atoms with Crippen LogP contribution in [0.25, 0.3) is 0 Å². The van der Waals surface area contributed by atoms with Crippen LogP contribution in [0.15, 0.2) is 15.2 Å². The van der Waals surface area contributed by atoms with Crippen LogP contribution in [0.4, 0.5) is 0 Å².